The quantitative estimate of drug-likeness (QED) is 0.707. The molecule has 0 bridgehead atoms. The Hall–Kier alpha value is -2.75. The van der Waals surface area contributed by atoms with Crippen molar-refractivity contribution in [1.29, 1.82) is 0 Å². The molecule has 2 aromatic carbocycles. The Balaban J connectivity index is 1.67. The van der Waals surface area contributed by atoms with Gasteiger partial charge in [-0.1, -0.05) is 13.0 Å². The van der Waals surface area contributed by atoms with Gasteiger partial charge in [-0.05, 0) is 55.3 Å². The molecule has 1 aromatic heterocycles. The lowest BCUT2D eigenvalue weighted by Gasteiger charge is -2.16. The first-order valence-corrected chi connectivity index (χ1v) is 8.72. The molecular formula is C21H22N2O2. The van der Waals surface area contributed by atoms with Crippen LogP contribution in [-0.2, 0) is 13.6 Å². The van der Waals surface area contributed by atoms with E-state index in [1.807, 2.05) is 29.2 Å². The summed E-state index contributed by atoms with van der Waals surface area (Å²) in [5.41, 5.74) is 5.13. The van der Waals surface area contributed by atoms with Crippen LogP contribution in [0.2, 0.25) is 0 Å². The van der Waals surface area contributed by atoms with Crippen LogP contribution in [-0.4, -0.2) is 17.1 Å². The number of anilines is 1. The van der Waals surface area contributed by atoms with Gasteiger partial charge >= 0.3 is 0 Å². The number of amides is 1. The summed E-state index contributed by atoms with van der Waals surface area (Å²) < 4.78 is 7.83. The molecule has 4 heteroatoms. The third-order valence-corrected chi connectivity index (χ3v) is 4.94. The third-order valence-electron chi connectivity index (χ3n) is 4.94. The Morgan fingerprint density at radius 3 is 2.76 bits per heavy atom. The zero-order chi connectivity index (χ0) is 17.6. The number of benzene rings is 2. The van der Waals surface area contributed by atoms with Crippen LogP contribution >= 0.6 is 0 Å². The van der Waals surface area contributed by atoms with Crippen LogP contribution in [0.5, 0.6) is 5.75 Å². The van der Waals surface area contributed by atoms with Gasteiger partial charge in [0.05, 0.1) is 13.2 Å². The number of nitrogens with zero attached hydrogens (tertiary/aromatic N) is 2. The molecule has 0 fully saturated rings. The minimum absolute atomic E-state index is 0.0453. The van der Waals surface area contributed by atoms with Crippen LogP contribution in [0.25, 0.3) is 10.9 Å². The average molecular weight is 334 g/mol. The highest BCUT2D eigenvalue weighted by atomic mass is 16.5. The minimum atomic E-state index is 0.0453. The summed E-state index contributed by atoms with van der Waals surface area (Å²) >= 11 is 0. The molecule has 25 heavy (non-hydrogen) atoms. The predicted molar refractivity (Wildman–Crippen MR) is 100 cm³/mol. The summed E-state index contributed by atoms with van der Waals surface area (Å²) in [6.07, 6.45) is 0.952. The lowest BCUT2D eigenvalue weighted by atomic mass is 10.1. The summed E-state index contributed by atoms with van der Waals surface area (Å²) in [5.74, 6) is 0.814. The van der Waals surface area contributed by atoms with Crippen molar-refractivity contribution in [3.8, 4) is 5.75 Å². The average Bonchev–Trinajstić information content (AvgIpc) is 3.10. The fourth-order valence-corrected chi connectivity index (χ4v) is 3.44. The van der Waals surface area contributed by atoms with Crippen molar-refractivity contribution >= 4 is 22.5 Å². The van der Waals surface area contributed by atoms with Crippen molar-refractivity contribution in [3.05, 3.63) is 59.3 Å². The number of ether oxygens (including phenoxy) is 1. The lowest BCUT2D eigenvalue weighted by Crippen LogP contribution is -2.22. The number of aryl methyl sites for hydroxylation is 2. The third kappa shape index (κ3) is 2.58. The topological polar surface area (TPSA) is 34.5 Å². The van der Waals surface area contributed by atoms with E-state index >= 15 is 0 Å². The van der Waals surface area contributed by atoms with Gasteiger partial charge in [0.1, 0.15) is 5.75 Å². The maximum absolute atomic E-state index is 12.9. The first-order chi connectivity index (χ1) is 12.1. The van der Waals surface area contributed by atoms with Crippen LogP contribution in [0.15, 0.2) is 42.5 Å². The van der Waals surface area contributed by atoms with E-state index in [0.29, 0.717) is 13.2 Å². The minimum Gasteiger partial charge on any atom is -0.494 e. The maximum Gasteiger partial charge on any atom is 0.259 e. The monoisotopic (exact) mass is 334 g/mol. The number of fused-ring (bicyclic) bond motifs is 2. The highest BCUT2D eigenvalue weighted by Gasteiger charge is 2.29. The van der Waals surface area contributed by atoms with Crippen molar-refractivity contribution in [2.45, 2.75) is 26.8 Å². The molecule has 1 aliphatic heterocycles. The maximum atomic E-state index is 12.9. The van der Waals surface area contributed by atoms with Gasteiger partial charge in [0.2, 0.25) is 0 Å². The highest BCUT2D eigenvalue weighted by Crippen LogP contribution is 2.33. The predicted octanol–water partition coefficient (Wildman–Crippen LogP) is 4.44. The normalized spacial score (nSPS) is 13.6. The number of hydrogen-bond acceptors (Lipinski definition) is 2. The first kappa shape index (κ1) is 15.8. The molecule has 4 nitrogen and oxygen atoms in total. The van der Waals surface area contributed by atoms with E-state index in [4.69, 9.17) is 4.74 Å². The molecular weight excluding hydrogens is 312 g/mol. The Labute approximate surface area is 147 Å². The lowest BCUT2D eigenvalue weighted by molar-refractivity contribution is 0.0996. The number of carbonyl (C=O) groups is 1. The van der Waals surface area contributed by atoms with Crippen molar-refractivity contribution in [2.24, 2.45) is 7.05 Å². The standard InChI is InChI=1S/C21H22N2O2/c1-4-9-25-18-7-5-15-13-23(21(24)19(15)12-18)17-6-8-20-16(11-17)10-14(2)22(20)3/h5-8,10-12H,4,9,13H2,1-3H3. The second-order valence-corrected chi connectivity index (χ2v) is 6.65. The summed E-state index contributed by atoms with van der Waals surface area (Å²) in [6.45, 7) is 5.44. The van der Waals surface area contributed by atoms with Crippen molar-refractivity contribution in [2.75, 3.05) is 11.5 Å². The first-order valence-electron chi connectivity index (χ1n) is 8.72. The molecule has 0 radical (unpaired) electrons. The molecule has 0 saturated heterocycles. The van der Waals surface area contributed by atoms with Gasteiger partial charge in [0.25, 0.3) is 5.91 Å². The van der Waals surface area contributed by atoms with Gasteiger partial charge in [-0.15, -0.1) is 0 Å². The summed E-state index contributed by atoms with van der Waals surface area (Å²) in [4.78, 5) is 14.7. The fourth-order valence-electron chi connectivity index (χ4n) is 3.44. The molecule has 4 rings (SSSR count). The van der Waals surface area contributed by atoms with Crippen LogP contribution in [0.3, 0.4) is 0 Å². The van der Waals surface area contributed by atoms with Crippen molar-refractivity contribution < 1.29 is 9.53 Å². The van der Waals surface area contributed by atoms with E-state index in [1.165, 1.54) is 11.2 Å². The SMILES string of the molecule is CCCOc1ccc2c(c1)C(=O)N(c1ccc3c(c1)cc(C)n3C)C2. The van der Waals surface area contributed by atoms with Gasteiger partial charge < -0.3 is 14.2 Å². The van der Waals surface area contributed by atoms with Crippen LogP contribution < -0.4 is 9.64 Å². The summed E-state index contributed by atoms with van der Waals surface area (Å²) in [7, 11) is 2.06. The van der Waals surface area contributed by atoms with Gasteiger partial charge in [-0.3, -0.25) is 4.79 Å². The van der Waals surface area contributed by atoms with E-state index in [0.717, 1.165) is 34.4 Å². The van der Waals surface area contributed by atoms with E-state index < -0.39 is 0 Å². The highest BCUT2D eigenvalue weighted by molar-refractivity contribution is 6.10. The van der Waals surface area contributed by atoms with Gasteiger partial charge in [0, 0.05) is 34.9 Å². The number of aromatic nitrogens is 1. The Bertz CT molecular complexity index is 971. The van der Waals surface area contributed by atoms with Gasteiger partial charge in [-0.2, -0.15) is 0 Å². The summed E-state index contributed by atoms with van der Waals surface area (Å²) in [6, 6.07) is 14.2. The molecule has 1 amide bonds. The second kappa shape index (κ2) is 5.96. The van der Waals surface area contributed by atoms with E-state index in [2.05, 4.69) is 43.7 Å². The van der Waals surface area contributed by atoms with Crippen molar-refractivity contribution in [1.82, 2.24) is 4.57 Å². The number of rotatable bonds is 4. The molecule has 3 aromatic rings. The molecule has 128 valence electrons. The molecule has 0 spiro atoms. The van der Waals surface area contributed by atoms with E-state index in [-0.39, 0.29) is 5.91 Å². The van der Waals surface area contributed by atoms with Crippen molar-refractivity contribution in [3.63, 3.8) is 0 Å². The van der Waals surface area contributed by atoms with Gasteiger partial charge in [0.15, 0.2) is 0 Å². The zero-order valence-electron chi connectivity index (χ0n) is 14.9. The smallest absolute Gasteiger partial charge is 0.259 e. The number of hydrogen-bond donors (Lipinski definition) is 0. The van der Waals surface area contributed by atoms with E-state index in [9.17, 15) is 4.79 Å². The molecule has 0 aliphatic carbocycles. The molecule has 0 atom stereocenters. The van der Waals surface area contributed by atoms with Crippen LogP contribution in [0.4, 0.5) is 5.69 Å². The van der Waals surface area contributed by atoms with Crippen LogP contribution in [0, 0.1) is 6.92 Å². The summed E-state index contributed by atoms with van der Waals surface area (Å²) in [5, 5.41) is 1.16. The van der Waals surface area contributed by atoms with E-state index in [1.54, 1.807) is 0 Å². The molecule has 1 aliphatic rings. The molecule has 0 unspecified atom stereocenters. The fraction of sp³-hybridized carbons (Fsp3) is 0.286. The molecule has 0 saturated carbocycles. The Kier molecular flexibility index (Phi) is 3.75. The van der Waals surface area contributed by atoms with Crippen LogP contribution in [0.1, 0.15) is 35.0 Å². The van der Waals surface area contributed by atoms with Gasteiger partial charge in [-0.25, -0.2) is 0 Å². The molecule has 0 N–H and O–H groups in total. The zero-order valence-corrected chi connectivity index (χ0v) is 14.9. The Morgan fingerprint density at radius 2 is 1.96 bits per heavy atom. The second-order valence-electron chi connectivity index (χ2n) is 6.65. The largest absolute Gasteiger partial charge is 0.494 e. The Morgan fingerprint density at radius 1 is 1.12 bits per heavy atom. The number of carbonyl (C=O) groups excluding carboxylic acids is 1. The molecule has 2 heterocycles.